The summed E-state index contributed by atoms with van der Waals surface area (Å²) in [6.07, 6.45) is 0.0549. The lowest BCUT2D eigenvalue weighted by molar-refractivity contribution is 0.231. The highest BCUT2D eigenvalue weighted by Gasteiger charge is 2.19. The molecule has 0 bridgehead atoms. The van der Waals surface area contributed by atoms with E-state index in [0.29, 0.717) is 11.1 Å². The minimum absolute atomic E-state index is 0.0414. The summed E-state index contributed by atoms with van der Waals surface area (Å²) in [4.78, 5) is 0. The molecule has 0 heterocycles. The maximum absolute atomic E-state index is 10.1. The van der Waals surface area contributed by atoms with Crippen LogP contribution in [0.4, 0.5) is 0 Å². The van der Waals surface area contributed by atoms with Crippen molar-refractivity contribution in [3.8, 4) is 11.5 Å². The zero-order chi connectivity index (χ0) is 13.2. The number of phenols is 1. The number of aromatic hydroxyl groups is 1. The van der Waals surface area contributed by atoms with Crippen LogP contribution in [0, 0.1) is 0 Å². The molecule has 0 aliphatic rings. The molecular weight excluding hydrogens is 280 g/mol. The van der Waals surface area contributed by atoms with Crippen LogP contribution >= 0.6 is 15.9 Å². The molecule has 1 N–H and O–H groups in total. The molecule has 0 aromatic heterocycles. The fraction of sp³-hybridized carbons (Fsp3) is 0.571. The molecule has 96 valence electrons. The third-order valence-corrected chi connectivity index (χ3v) is 3.13. The van der Waals surface area contributed by atoms with Crippen LogP contribution in [0.25, 0.3) is 0 Å². The van der Waals surface area contributed by atoms with Crippen LogP contribution in [0.3, 0.4) is 0 Å². The normalized spacial score (nSPS) is 11.9. The molecule has 1 aromatic carbocycles. The van der Waals surface area contributed by atoms with Gasteiger partial charge in [0.15, 0.2) is 11.5 Å². The lowest BCUT2D eigenvalue weighted by Crippen LogP contribution is -2.13. The van der Waals surface area contributed by atoms with Crippen LogP contribution in [0.2, 0.25) is 0 Å². The van der Waals surface area contributed by atoms with Gasteiger partial charge in [-0.15, -0.1) is 0 Å². The van der Waals surface area contributed by atoms with E-state index in [4.69, 9.17) is 4.74 Å². The summed E-state index contributed by atoms with van der Waals surface area (Å²) >= 11 is 3.39. The van der Waals surface area contributed by atoms with Gasteiger partial charge < -0.3 is 9.84 Å². The zero-order valence-corrected chi connectivity index (χ0v) is 12.8. The van der Waals surface area contributed by atoms with E-state index >= 15 is 0 Å². The van der Waals surface area contributed by atoms with Crippen molar-refractivity contribution in [1.82, 2.24) is 0 Å². The number of halogens is 1. The third kappa shape index (κ3) is 3.63. The maximum Gasteiger partial charge on any atom is 0.161 e. The van der Waals surface area contributed by atoms with Crippen molar-refractivity contribution in [2.24, 2.45) is 0 Å². The molecule has 0 radical (unpaired) electrons. The number of phenolic OH excluding ortho intramolecular Hbond substituents is 1. The fourth-order valence-electron chi connectivity index (χ4n) is 1.54. The van der Waals surface area contributed by atoms with Gasteiger partial charge in [-0.25, -0.2) is 0 Å². The second-order valence-corrected chi connectivity index (χ2v) is 6.09. The van der Waals surface area contributed by atoms with Crippen molar-refractivity contribution in [2.75, 3.05) is 0 Å². The number of hydrogen-bond donors (Lipinski definition) is 1. The summed E-state index contributed by atoms with van der Waals surface area (Å²) in [6, 6.07) is 3.96. The molecular formula is C14H21BrO2. The lowest BCUT2D eigenvalue weighted by Gasteiger charge is -2.22. The molecule has 0 saturated heterocycles. The zero-order valence-electron chi connectivity index (χ0n) is 11.2. The minimum Gasteiger partial charge on any atom is -0.504 e. The first-order chi connectivity index (χ1) is 7.75. The summed E-state index contributed by atoms with van der Waals surface area (Å²) in [5.41, 5.74) is 2.08. The standard InChI is InChI=1S/C14H21BrO2/c1-9(2)17-12-7-11(14(3,4)5)6-10(8-15)13(12)16/h6-7,9,16H,8H2,1-5H3. The molecule has 1 rings (SSSR count). The van der Waals surface area contributed by atoms with E-state index in [1.165, 1.54) is 5.56 Å². The maximum atomic E-state index is 10.1. The monoisotopic (exact) mass is 300 g/mol. The first-order valence-electron chi connectivity index (χ1n) is 5.84. The highest BCUT2D eigenvalue weighted by Crippen LogP contribution is 2.37. The summed E-state index contributed by atoms with van der Waals surface area (Å²) in [5, 5.41) is 10.7. The van der Waals surface area contributed by atoms with Gasteiger partial charge in [0, 0.05) is 10.9 Å². The van der Waals surface area contributed by atoms with Crippen molar-refractivity contribution in [3.05, 3.63) is 23.3 Å². The van der Waals surface area contributed by atoms with Gasteiger partial charge in [0.05, 0.1) is 6.10 Å². The highest BCUT2D eigenvalue weighted by molar-refractivity contribution is 9.08. The molecule has 0 aliphatic carbocycles. The summed E-state index contributed by atoms with van der Waals surface area (Å²) in [7, 11) is 0. The SMILES string of the molecule is CC(C)Oc1cc(C(C)(C)C)cc(CBr)c1O. The average Bonchev–Trinajstić information content (AvgIpc) is 2.18. The summed E-state index contributed by atoms with van der Waals surface area (Å²) < 4.78 is 5.65. The molecule has 3 heteroatoms. The van der Waals surface area contributed by atoms with E-state index in [1.807, 2.05) is 26.0 Å². The van der Waals surface area contributed by atoms with Gasteiger partial charge >= 0.3 is 0 Å². The number of rotatable bonds is 3. The Balaban J connectivity index is 3.28. The first-order valence-corrected chi connectivity index (χ1v) is 6.97. The Hall–Kier alpha value is -0.700. The molecule has 0 fully saturated rings. The van der Waals surface area contributed by atoms with E-state index in [0.717, 1.165) is 5.56 Å². The number of ether oxygens (including phenoxy) is 1. The molecule has 17 heavy (non-hydrogen) atoms. The average molecular weight is 301 g/mol. The topological polar surface area (TPSA) is 29.5 Å². The molecule has 2 nitrogen and oxygen atoms in total. The number of hydrogen-bond acceptors (Lipinski definition) is 2. The Morgan fingerprint density at radius 1 is 1.29 bits per heavy atom. The smallest absolute Gasteiger partial charge is 0.161 e. The summed E-state index contributed by atoms with van der Waals surface area (Å²) in [5.74, 6) is 0.811. The van der Waals surface area contributed by atoms with Gasteiger partial charge in [-0.2, -0.15) is 0 Å². The molecule has 1 aromatic rings. The van der Waals surface area contributed by atoms with Crippen LogP contribution in [0.1, 0.15) is 45.7 Å². The Kier molecular flexibility index (Phi) is 4.48. The number of benzene rings is 1. The van der Waals surface area contributed by atoms with Crippen molar-refractivity contribution in [3.63, 3.8) is 0 Å². The van der Waals surface area contributed by atoms with Crippen molar-refractivity contribution in [2.45, 2.75) is 51.5 Å². The predicted octanol–water partition coefficient (Wildman–Crippen LogP) is 4.37. The van der Waals surface area contributed by atoms with E-state index in [-0.39, 0.29) is 17.3 Å². The predicted molar refractivity (Wildman–Crippen MR) is 75.2 cm³/mol. The van der Waals surface area contributed by atoms with Gasteiger partial charge in [0.2, 0.25) is 0 Å². The summed E-state index contributed by atoms with van der Waals surface area (Å²) in [6.45, 7) is 10.4. The van der Waals surface area contributed by atoms with Crippen LogP contribution in [-0.2, 0) is 10.7 Å². The van der Waals surface area contributed by atoms with E-state index in [2.05, 4.69) is 36.7 Å². The van der Waals surface area contributed by atoms with Gasteiger partial charge in [-0.05, 0) is 30.9 Å². The lowest BCUT2D eigenvalue weighted by atomic mass is 9.86. The quantitative estimate of drug-likeness (QED) is 0.840. The Morgan fingerprint density at radius 2 is 1.88 bits per heavy atom. The Bertz CT molecular complexity index is 392. The highest BCUT2D eigenvalue weighted by atomic mass is 79.9. The second kappa shape index (κ2) is 5.30. The second-order valence-electron chi connectivity index (χ2n) is 5.53. The van der Waals surface area contributed by atoms with Gasteiger partial charge in [-0.3, -0.25) is 0 Å². The molecule has 0 unspecified atom stereocenters. The van der Waals surface area contributed by atoms with Crippen LogP contribution in [0.5, 0.6) is 11.5 Å². The van der Waals surface area contributed by atoms with Crippen molar-refractivity contribution in [1.29, 1.82) is 0 Å². The van der Waals surface area contributed by atoms with E-state index < -0.39 is 0 Å². The first kappa shape index (κ1) is 14.4. The largest absolute Gasteiger partial charge is 0.504 e. The van der Waals surface area contributed by atoms with E-state index in [9.17, 15) is 5.11 Å². The van der Waals surface area contributed by atoms with Crippen LogP contribution in [0.15, 0.2) is 12.1 Å². The van der Waals surface area contributed by atoms with Crippen LogP contribution < -0.4 is 4.74 Å². The van der Waals surface area contributed by atoms with Crippen molar-refractivity contribution >= 4 is 15.9 Å². The Morgan fingerprint density at radius 3 is 2.29 bits per heavy atom. The Labute approximate surface area is 112 Å². The van der Waals surface area contributed by atoms with Crippen LogP contribution in [-0.4, -0.2) is 11.2 Å². The number of alkyl halides is 1. The van der Waals surface area contributed by atoms with E-state index in [1.54, 1.807) is 0 Å². The van der Waals surface area contributed by atoms with Gasteiger partial charge in [0.1, 0.15) is 0 Å². The van der Waals surface area contributed by atoms with Gasteiger partial charge in [0.25, 0.3) is 0 Å². The van der Waals surface area contributed by atoms with Crippen molar-refractivity contribution < 1.29 is 9.84 Å². The molecule has 0 spiro atoms. The molecule has 0 amide bonds. The molecule has 0 atom stereocenters. The minimum atomic E-state index is 0.0414. The van der Waals surface area contributed by atoms with Gasteiger partial charge in [-0.1, -0.05) is 42.8 Å². The fourth-order valence-corrected chi connectivity index (χ4v) is 1.97. The third-order valence-electron chi connectivity index (χ3n) is 2.53. The molecule has 0 aliphatic heterocycles. The molecule has 0 saturated carbocycles.